The van der Waals surface area contributed by atoms with Gasteiger partial charge in [0.15, 0.2) is 0 Å². The average molecular weight is 508 g/mol. The molecule has 3 aromatic heterocycles. The van der Waals surface area contributed by atoms with E-state index in [2.05, 4.69) is 25.8 Å². The Morgan fingerprint density at radius 1 is 1.16 bits per heavy atom. The Hall–Kier alpha value is -3.50. The maximum atomic E-state index is 11.5. The van der Waals surface area contributed by atoms with Crippen LogP contribution in [-0.4, -0.2) is 47.3 Å². The third kappa shape index (κ3) is 5.30. The molecule has 3 aliphatic rings. The molecular weight excluding hydrogens is 474 g/mol. The second-order valence-electron chi connectivity index (χ2n) is 10.7. The van der Waals surface area contributed by atoms with Gasteiger partial charge in [0, 0.05) is 19.4 Å². The van der Waals surface area contributed by atoms with Gasteiger partial charge in [0.05, 0.1) is 35.6 Å². The number of hydrogen-bond donors (Lipinski definition) is 2. The maximum absolute atomic E-state index is 11.5. The van der Waals surface area contributed by atoms with Crippen molar-refractivity contribution < 1.29 is 19.2 Å². The van der Waals surface area contributed by atoms with Gasteiger partial charge in [-0.1, -0.05) is 11.6 Å². The summed E-state index contributed by atoms with van der Waals surface area (Å²) < 4.78 is 13.5. The van der Waals surface area contributed by atoms with Crippen LogP contribution in [-0.2, 0) is 24.8 Å². The molecule has 196 valence electrons. The van der Waals surface area contributed by atoms with E-state index in [1.807, 2.05) is 19.2 Å². The molecule has 3 fully saturated rings. The molecular formula is C26H33N7O4. The van der Waals surface area contributed by atoms with Crippen LogP contribution >= 0.6 is 0 Å². The van der Waals surface area contributed by atoms with Gasteiger partial charge in [-0.15, -0.1) is 5.10 Å². The predicted molar refractivity (Wildman–Crippen MR) is 133 cm³/mol. The lowest BCUT2D eigenvalue weighted by Gasteiger charge is -2.28. The quantitative estimate of drug-likeness (QED) is 0.412. The van der Waals surface area contributed by atoms with Crippen LogP contribution in [0.2, 0.25) is 0 Å². The molecule has 0 unspecified atom stereocenters. The molecule has 3 saturated carbocycles. The Bertz CT molecular complexity index is 1260. The second-order valence-corrected chi connectivity index (χ2v) is 10.7. The second kappa shape index (κ2) is 10.1. The highest BCUT2D eigenvalue weighted by atomic mass is 16.5. The monoisotopic (exact) mass is 507 g/mol. The molecule has 2 atom stereocenters. The first-order valence-corrected chi connectivity index (χ1v) is 13.4. The summed E-state index contributed by atoms with van der Waals surface area (Å²) in [4.78, 5) is 20.9. The van der Waals surface area contributed by atoms with Gasteiger partial charge >= 0.3 is 5.97 Å². The van der Waals surface area contributed by atoms with Crippen molar-refractivity contribution in [1.29, 1.82) is 0 Å². The fourth-order valence-electron chi connectivity index (χ4n) is 5.29. The van der Waals surface area contributed by atoms with E-state index in [4.69, 9.17) is 14.2 Å². The first kappa shape index (κ1) is 23.9. The van der Waals surface area contributed by atoms with Crippen molar-refractivity contribution in [3.8, 4) is 17.1 Å². The van der Waals surface area contributed by atoms with E-state index in [1.54, 1.807) is 4.68 Å². The summed E-state index contributed by atoms with van der Waals surface area (Å²) in [7, 11) is 1.85. The number of anilines is 1. The summed E-state index contributed by atoms with van der Waals surface area (Å²) in [6, 6.07) is 3.87. The molecule has 11 nitrogen and oxygen atoms in total. The number of rotatable bonds is 10. The highest BCUT2D eigenvalue weighted by molar-refractivity contribution is 5.70. The smallest absolute Gasteiger partial charge is 0.306 e. The number of aryl methyl sites for hydroxylation is 1. The number of carboxylic acid groups (broad SMARTS) is 1. The molecule has 6 rings (SSSR count). The summed E-state index contributed by atoms with van der Waals surface area (Å²) in [5.74, 6) is 1.86. The maximum Gasteiger partial charge on any atom is 0.306 e. The lowest BCUT2D eigenvalue weighted by atomic mass is 9.83. The van der Waals surface area contributed by atoms with Crippen LogP contribution in [0, 0.1) is 11.8 Å². The minimum absolute atomic E-state index is 0.0968. The number of carboxylic acids is 1. The van der Waals surface area contributed by atoms with Crippen LogP contribution < -0.4 is 10.1 Å². The van der Waals surface area contributed by atoms with Crippen LogP contribution in [0.3, 0.4) is 0 Å². The molecule has 0 saturated heterocycles. The van der Waals surface area contributed by atoms with E-state index in [0.29, 0.717) is 42.3 Å². The fourth-order valence-corrected chi connectivity index (χ4v) is 5.29. The Kier molecular flexibility index (Phi) is 6.52. The number of aromatic nitrogens is 6. The van der Waals surface area contributed by atoms with Gasteiger partial charge in [-0.2, -0.15) is 4.98 Å². The first-order chi connectivity index (χ1) is 18.0. The Labute approximate surface area is 215 Å². The zero-order chi connectivity index (χ0) is 25.4. The average Bonchev–Trinajstić information content (AvgIpc) is 3.51. The zero-order valence-electron chi connectivity index (χ0n) is 21.1. The first-order valence-electron chi connectivity index (χ1n) is 13.4. The summed E-state index contributed by atoms with van der Waals surface area (Å²) >= 11 is 0. The van der Waals surface area contributed by atoms with Gasteiger partial charge in [-0.25, -0.2) is 9.67 Å². The van der Waals surface area contributed by atoms with Crippen molar-refractivity contribution in [3.63, 3.8) is 0 Å². The number of aliphatic carboxylic acids is 1. The van der Waals surface area contributed by atoms with Gasteiger partial charge in [0.1, 0.15) is 11.4 Å². The Balaban J connectivity index is 1.17. The fraction of sp³-hybridized carbons (Fsp3) is 0.615. The molecule has 0 spiro atoms. The van der Waals surface area contributed by atoms with Crippen LogP contribution in [0.4, 0.5) is 5.95 Å². The normalized spacial score (nSPS) is 22.0. The summed E-state index contributed by atoms with van der Waals surface area (Å²) in [5, 5.41) is 25.4. The van der Waals surface area contributed by atoms with Crippen molar-refractivity contribution >= 4 is 11.9 Å². The lowest BCUT2D eigenvalue weighted by molar-refractivity contribution is -0.143. The molecule has 3 heterocycles. The van der Waals surface area contributed by atoms with Crippen LogP contribution in [0.5, 0.6) is 5.75 Å². The van der Waals surface area contributed by atoms with Crippen LogP contribution in [0.1, 0.15) is 81.0 Å². The number of carbonyl (C=O) groups is 1. The van der Waals surface area contributed by atoms with Gasteiger partial charge < -0.3 is 19.7 Å². The van der Waals surface area contributed by atoms with E-state index in [-0.39, 0.29) is 12.0 Å². The minimum Gasteiger partial charge on any atom is -0.488 e. The van der Waals surface area contributed by atoms with Crippen molar-refractivity contribution in [2.75, 3.05) is 5.32 Å². The largest absolute Gasteiger partial charge is 0.488 e. The van der Waals surface area contributed by atoms with E-state index >= 15 is 0 Å². The topological polar surface area (TPSA) is 141 Å². The van der Waals surface area contributed by atoms with Crippen molar-refractivity contribution in [1.82, 2.24) is 30.1 Å². The highest BCUT2D eigenvalue weighted by Crippen LogP contribution is 2.45. The molecule has 11 heteroatoms. The van der Waals surface area contributed by atoms with Gasteiger partial charge in [-0.05, 0) is 74.6 Å². The Morgan fingerprint density at radius 3 is 2.76 bits per heavy atom. The molecule has 0 aromatic carbocycles. The molecule has 3 aromatic rings. The van der Waals surface area contributed by atoms with Crippen molar-refractivity contribution in [2.24, 2.45) is 18.9 Å². The Morgan fingerprint density at radius 2 is 2.00 bits per heavy atom. The summed E-state index contributed by atoms with van der Waals surface area (Å²) in [6.45, 7) is 0.429. The SMILES string of the molecule is Cn1nnc(-c2ccc(O[C@H]3CCC[C@H](C(=O)O)C3)c(C3CC3)n2)c1CNc1noc(CC2CCC2)n1. The van der Waals surface area contributed by atoms with Gasteiger partial charge in [0.2, 0.25) is 5.89 Å². The van der Waals surface area contributed by atoms with Gasteiger partial charge in [-0.3, -0.25) is 4.79 Å². The third-order valence-electron chi connectivity index (χ3n) is 7.87. The molecule has 0 bridgehead atoms. The van der Waals surface area contributed by atoms with Gasteiger partial charge in [0.25, 0.3) is 5.95 Å². The van der Waals surface area contributed by atoms with E-state index in [0.717, 1.165) is 61.4 Å². The molecule has 2 N–H and O–H groups in total. The van der Waals surface area contributed by atoms with E-state index in [9.17, 15) is 9.90 Å². The van der Waals surface area contributed by atoms with Crippen molar-refractivity contribution in [3.05, 3.63) is 29.4 Å². The number of nitrogens with one attached hydrogen (secondary N) is 1. The van der Waals surface area contributed by atoms with Crippen LogP contribution in [0.25, 0.3) is 11.4 Å². The number of hydrogen-bond acceptors (Lipinski definition) is 9. The van der Waals surface area contributed by atoms with Crippen molar-refractivity contribution in [2.45, 2.75) is 82.8 Å². The molecule has 0 amide bonds. The van der Waals surface area contributed by atoms with E-state index < -0.39 is 5.97 Å². The zero-order valence-corrected chi connectivity index (χ0v) is 21.1. The standard InChI is InChI=1S/C26H33N7O4/c1-33-20(14-27-26-29-22(37-31-26)12-15-4-2-5-15)24(30-32-33)19-10-11-21(23(28-19)16-8-9-16)36-18-7-3-6-17(13-18)25(34)35/h10-11,15-18H,2-9,12-14H2,1H3,(H,27,31)(H,34,35)/t17-,18-/m0/s1. The molecule has 0 radical (unpaired) electrons. The lowest BCUT2D eigenvalue weighted by Crippen LogP contribution is -2.29. The minimum atomic E-state index is -0.733. The number of ether oxygens (including phenoxy) is 1. The third-order valence-corrected chi connectivity index (χ3v) is 7.87. The molecule has 3 aliphatic carbocycles. The summed E-state index contributed by atoms with van der Waals surface area (Å²) in [5.41, 5.74) is 3.23. The van der Waals surface area contributed by atoms with E-state index in [1.165, 1.54) is 19.3 Å². The predicted octanol–water partition coefficient (Wildman–Crippen LogP) is 4.11. The molecule has 37 heavy (non-hydrogen) atoms. The number of nitrogens with zero attached hydrogens (tertiary/aromatic N) is 6. The highest BCUT2D eigenvalue weighted by Gasteiger charge is 2.33. The number of pyridine rings is 1. The molecule has 0 aliphatic heterocycles. The summed E-state index contributed by atoms with van der Waals surface area (Å²) in [6.07, 6.45) is 9.64. The van der Waals surface area contributed by atoms with Crippen LogP contribution in [0.15, 0.2) is 16.7 Å².